The maximum atomic E-state index is 12.9. The van der Waals surface area contributed by atoms with E-state index in [1.807, 2.05) is 0 Å². The molecule has 16 heavy (non-hydrogen) atoms. The zero-order chi connectivity index (χ0) is 11.5. The topological polar surface area (TPSA) is 12.0 Å². The Labute approximate surface area is 98.8 Å². The molecule has 1 aromatic rings. The van der Waals surface area contributed by atoms with Crippen LogP contribution in [0, 0.1) is 17.6 Å². The Morgan fingerprint density at radius 3 is 2.44 bits per heavy atom. The van der Waals surface area contributed by atoms with Crippen LogP contribution in [0.2, 0.25) is 0 Å². The van der Waals surface area contributed by atoms with Crippen LogP contribution < -0.4 is 5.32 Å². The van der Waals surface area contributed by atoms with Crippen molar-refractivity contribution in [2.24, 2.45) is 5.92 Å². The van der Waals surface area contributed by atoms with E-state index in [-0.39, 0.29) is 5.38 Å². The molecule has 1 aromatic carbocycles. The molecule has 2 rings (SSSR count). The molecule has 0 spiro atoms. The Hall–Kier alpha value is -0.670. The summed E-state index contributed by atoms with van der Waals surface area (Å²) in [7, 11) is 0. The Balaban J connectivity index is 1.79. The van der Waals surface area contributed by atoms with Crippen LogP contribution in [0.1, 0.15) is 18.4 Å². The van der Waals surface area contributed by atoms with E-state index in [9.17, 15) is 8.78 Å². The van der Waals surface area contributed by atoms with Crippen molar-refractivity contribution in [2.45, 2.75) is 24.8 Å². The molecule has 1 saturated carbocycles. The fourth-order valence-electron chi connectivity index (χ4n) is 1.69. The van der Waals surface area contributed by atoms with Crippen molar-refractivity contribution in [3.63, 3.8) is 0 Å². The average Bonchev–Trinajstić information content (AvgIpc) is 2.98. The summed E-state index contributed by atoms with van der Waals surface area (Å²) in [6.07, 6.45) is 2.40. The van der Waals surface area contributed by atoms with E-state index in [1.54, 1.807) is 0 Å². The van der Waals surface area contributed by atoms with Crippen molar-refractivity contribution in [2.75, 3.05) is 6.54 Å². The fourth-order valence-corrected chi connectivity index (χ4v) is 2.05. The lowest BCUT2D eigenvalue weighted by Crippen LogP contribution is -2.24. The third kappa shape index (κ3) is 3.42. The molecule has 1 atom stereocenters. The number of hydrogen-bond acceptors (Lipinski definition) is 1. The highest BCUT2D eigenvalue weighted by Crippen LogP contribution is 2.35. The second kappa shape index (κ2) is 5.11. The van der Waals surface area contributed by atoms with Crippen molar-refractivity contribution in [3.8, 4) is 0 Å². The summed E-state index contributed by atoms with van der Waals surface area (Å²) >= 11 is 6.10. The number of alkyl halides is 1. The van der Waals surface area contributed by atoms with Gasteiger partial charge in [0.05, 0.1) is 0 Å². The zero-order valence-corrected chi connectivity index (χ0v) is 9.61. The van der Waals surface area contributed by atoms with Gasteiger partial charge in [-0.1, -0.05) is 0 Å². The molecule has 0 amide bonds. The van der Waals surface area contributed by atoms with Crippen LogP contribution >= 0.6 is 11.6 Å². The van der Waals surface area contributed by atoms with Gasteiger partial charge in [-0.3, -0.25) is 0 Å². The molecule has 0 radical (unpaired) electrons. The van der Waals surface area contributed by atoms with E-state index in [2.05, 4.69) is 5.32 Å². The van der Waals surface area contributed by atoms with E-state index < -0.39 is 11.6 Å². The first-order valence-corrected chi connectivity index (χ1v) is 5.88. The summed E-state index contributed by atoms with van der Waals surface area (Å²) in [5, 5.41) is 3.25. The molecular weight excluding hydrogens is 232 g/mol. The molecule has 0 bridgehead atoms. The molecule has 1 unspecified atom stereocenters. The maximum Gasteiger partial charge on any atom is 0.126 e. The van der Waals surface area contributed by atoms with Gasteiger partial charge in [-0.25, -0.2) is 8.78 Å². The van der Waals surface area contributed by atoms with Crippen LogP contribution in [0.25, 0.3) is 0 Å². The summed E-state index contributed by atoms with van der Waals surface area (Å²) in [5.41, 5.74) is 0.608. The molecule has 1 nitrogen and oxygen atoms in total. The van der Waals surface area contributed by atoms with Crippen LogP contribution in [-0.4, -0.2) is 11.9 Å². The number of rotatable bonds is 5. The molecule has 1 fully saturated rings. The summed E-state index contributed by atoms with van der Waals surface area (Å²) in [6, 6.07) is 3.53. The predicted molar refractivity (Wildman–Crippen MR) is 60.4 cm³/mol. The molecule has 1 N–H and O–H groups in total. The minimum Gasteiger partial charge on any atom is -0.311 e. The molecular formula is C12H14ClF2N. The van der Waals surface area contributed by atoms with E-state index in [4.69, 9.17) is 11.6 Å². The van der Waals surface area contributed by atoms with Gasteiger partial charge in [-0.05, 0) is 36.5 Å². The Morgan fingerprint density at radius 2 is 1.88 bits per heavy atom. The van der Waals surface area contributed by atoms with Crippen LogP contribution in [-0.2, 0) is 6.54 Å². The van der Waals surface area contributed by atoms with Crippen molar-refractivity contribution >= 4 is 11.6 Å². The van der Waals surface area contributed by atoms with E-state index in [1.165, 1.54) is 25.0 Å². The van der Waals surface area contributed by atoms with E-state index in [0.29, 0.717) is 24.6 Å². The standard InChI is InChI=1S/C12H14ClF2N/c13-12(9-1-2-9)7-16-6-8-3-10(14)5-11(15)4-8/h3-5,9,12,16H,1-2,6-7H2. The van der Waals surface area contributed by atoms with Gasteiger partial charge in [0.15, 0.2) is 0 Å². The van der Waals surface area contributed by atoms with Gasteiger partial charge in [-0.2, -0.15) is 0 Å². The third-order valence-electron chi connectivity index (χ3n) is 2.72. The average molecular weight is 246 g/mol. The third-order valence-corrected chi connectivity index (χ3v) is 3.23. The maximum absolute atomic E-state index is 12.9. The molecule has 0 heterocycles. The van der Waals surface area contributed by atoms with Crippen molar-refractivity contribution in [3.05, 3.63) is 35.4 Å². The van der Waals surface area contributed by atoms with Gasteiger partial charge in [0, 0.05) is 24.5 Å². The Kier molecular flexibility index (Phi) is 3.77. The van der Waals surface area contributed by atoms with Crippen LogP contribution in [0.5, 0.6) is 0 Å². The summed E-state index contributed by atoms with van der Waals surface area (Å²) in [4.78, 5) is 0. The predicted octanol–water partition coefficient (Wildman–Crippen LogP) is 3.07. The first kappa shape index (κ1) is 11.8. The summed E-state index contributed by atoms with van der Waals surface area (Å²) in [6.45, 7) is 1.13. The highest BCUT2D eigenvalue weighted by atomic mass is 35.5. The van der Waals surface area contributed by atoms with Gasteiger partial charge in [0.2, 0.25) is 0 Å². The quantitative estimate of drug-likeness (QED) is 0.787. The molecule has 1 aliphatic carbocycles. The summed E-state index contributed by atoms with van der Waals surface area (Å²) < 4.78 is 25.7. The summed E-state index contributed by atoms with van der Waals surface area (Å²) in [5.74, 6) is -0.457. The van der Waals surface area contributed by atoms with E-state index in [0.717, 1.165) is 6.07 Å². The fraction of sp³-hybridized carbons (Fsp3) is 0.500. The van der Waals surface area contributed by atoms with Gasteiger partial charge < -0.3 is 5.32 Å². The molecule has 0 aliphatic heterocycles. The monoisotopic (exact) mass is 245 g/mol. The molecule has 88 valence electrons. The highest BCUT2D eigenvalue weighted by molar-refractivity contribution is 6.21. The first-order valence-electron chi connectivity index (χ1n) is 5.45. The number of hydrogen-bond donors (Lipinski definition) is 1. The minimum atomic E-state index is -0.540. The number of benzene rings is 1. The molecule has 0 saturated heterocycles. The normalized spacial score (nSPS) is 17.4. The zero-order valence-electron chi connectivity index (χ0n) is 8.85. The Morgan fingerprint density at radius 1 is 1.25 bits per heavy atom. The highest BCUT2D eigenvalue weighted by Gasteiger charge is 2.29. The molecule has 1 aliphatic rings. The largest absolute Gasteiger partial charge is 0.311 e. The van der Waals surface area contributed by atoms with Gasteiger partial charge in [0.25, 0.3) is 0 Å². The van der Waals surface area contributed by atoms with Crippen LogP contribution in [0.3, 0.4) is 0 Å². The molecule has 4 heteroatoms. The second-order valence-electron chi connectivity index (χ2n) is 4.26. The lowest BCUT2D eigenvalue weighted by atomic mass is 10.2. The van der Waals surface area contributed by atoms with Crippen LogP contribution in [0.4, 0.5) is 8.78 Å². The SMILES string of the molecule is Fc1cc(F)cc(CNCC(Cl)C2CC2)c1. The second-order valence-corrected chi connectivity index (χ2v) is 4.82. The van der Waals surface area contributed by atoms with Crippen molar-refractivity contribution in [1.29, 1.82) is 0 Å². The smallest absolute Gasteiger partial charge is 0.126 e. The van der Waals surface area contributed by atoms with E-state index >= 15 is 0 Å². The molecule has 0 aromatic heterocycles. The number of nitrogens with one attached hydrogen (secondary N) is 1. The van der Waals surface area contributed by atoms with Gasteiger partial charge >= 0.3 is 0 Å². The lowest BCUT2D eigenvalue weighted by Gasteiger charge is -2.09. The first-order chi connectivity index (χ1) is 7.65. The minimum absolute atomic E-state index is 0.137. The lowest BCUT2D eigenvalue weighted by molar-refractivity contribution is 0.571. The van der Waals surface area contributed by atoms with Crippen molar-refractivity contribution < 1.29 is 8.78 Å². The Bertz CT molecular complexity index is 346. The number of halogens is 3. The van der Waals surface area contributed by atoms with Crippen molar-refractivity contribution in [1.82, 2.24) is 5.32 Å². The van der Waals surface area contributed by atoms with Gasteiger partial charge in [0.1, 0.15) is 11.6 Å². The van der Waals surface area contributed by atoms with Gasteiger partial charge in [-0.15, -0.1) is 11.6 Å². The van der Waals surface area contributed by atoms with Crippen LogP contribution in [0.15, 0.2) is 18.2 Å².